The molecule has 4 N–H and O–H groups in total. The van der Waals surface area contributed by atoms with Gasteiger partial charge in [0.25, 0.3) is 5.91 Å². The topological polar surface area (TPSA) is 140 Å². The summed E-state index contributed by atoms with van der Waals surface area (Å²) < 4.78 is 0. The summed E-state index contributed by atoms with van der Waals surface area (Å²) in [5.74, 6) is -2.67. The summed E-state index contributed by atoms with van der Waals surface area (Å²) in [7, 11) is 0. The first-order valence-electron chi connectivity index (χ1n) is 7.71. The van der Waals surface area contributed by atoms with Crippen LogP contribution in [-0.4, -0.2) is 28.1 Å². The maximum Gasteiger partial charge on any atom is 0.335 e. The van der Waals surface area contributed by atoms with Crippen molar-refractivity contribution in [3.05, 3.63) is 71.4 Å². The molecule has 1 amide bonds. The summed E-state index contributed by atoms with van der Waals surface area (Å²) in [5.41, 5.74) is 1.45. The van der Waals surface area contributed by atoms with Gasteiger partial charge in [0, 0.05) is 17.6 Å². The van der Waals surface area contributed by atoms with Gasteiger partial charge >= 0.3 is 11.9 Å². The van der Waals surface area contributed by atoms with Gasteiger partial charge in [-0.15, -0.1) is 0 Å². The molecule has 0 heterocycles. The number of amides is 1. The minimum absolute atomic E-state index is 0.0806. The predicted octanol–water partition coefficient (Wildman–Crippen LogP) is 2.47. The second kappa shape index (κ2) is 8.82. The zero-order chi connectivity index (χ0) is 19.8. The van der Waals surface area contributed by atoms with Crippen molar-refractivity contribution in [2.45, 2.75) is 6.42 Å². The second-order valence-electron chi connectivity index (χ2n) is 5.42. The number of carboxylic acids is 2. The number of nitriles is 1. The molecule has 8 nitrogen and oxygen atoms in total. The van der Waals surface area contributed by atoms with Gasteiger partial charge in [0.05, 0.1) is 12.0 Å². The van der Waals surface area contributed by atoms with Crippen LogP contribution in [0.15, 0.2) is 60.3 Å². The van der Waals surface area contributed by atoms with Crippen LogP contribution < -0.4 is 10.6 Å². The molecule has 0 radical (unpaired) electrons. The quantitative estimate of drug-likeness (QED) is 0.436. The maximum absolute atomic E-state index is 12.1. The monoisotopic (exact) mass is 365 g/mol. The molecular weight excluding hydrogens is 350 g/mol. The van der Waals surface area contributed by atoms with Crippen LogP contribution in [0.4, 0.5) is 11.4 Å². The first-order chi connectivity index (χ1) is 12.9. The second-order valence-corrected chi connectivity index (χ2v) is 5.42. The Bertz CT molecular complexity index is 925. The Labute approximate surface area is 154 Å². The molecule has 0 fully saturated rings. The lowest BCUT2D eigenvalue weighted by Crippen LogP contribution is -2.14. The standard InChI is InChI=1S/C19H15N3O5/c20-10-14(11-21-15-5-1-12(2-6-15)9-17(23)24)18(25)22-16-7-3-13(4-8-16)19(26)27/h1-8,11,21H,9H2,(H,22,25)(H,23,24)(H,26,27)/b14-11-. The van der Waals surface area contributed by atoms with E-state index in [1.54, 1.807) is 30.3 Å². The van der Waals surface area contributed by atoms with Crippen LogP contribution >= 0.6 is 0 Å². The molecule has 0 atom stereocenters. The number of nitrogens with one attached hydrogen (secondary N) is 2. The first-order valence-corrected chi connectivity index (χ1v) is 7.71. The van der Waals surface area contributed by atoms with Crippen molar-refractivity contribution in [2.24, 2.45) is 0 Å². The van der Waals surface area contributed by atoms with E-state index in [9.17, 15) is 14.4 Å². The van der Waals surface area contributed by atoms with E-state index in [0.717, 1.165) is 0 Å². The third-order valence-corrected chi connectivity index (χ3v) is 3.45. The van der Waals surface area contributed by atoms with E-state index >= 15 is 0 Å². The number of aromatic carboxylic acids is 1. The summed E-state index contributed by atoms with van der Waals surface area (Å²) >= 11 is 0. The van der Waals surface area contributed by atoms with Gasteiger partial charge in [-0.3, -0.25) is 9.59 Å². The molecule has 136 valence electrons. The number of carbonyl (C=O) groups excluding carboxylic acids is 1. The van der Waals surface area contributed by atoms with Gasteiger partial charge in [-0.25, -0.2) is 4.79 Å². The molecule has 0 aliphatic heterocycles. The van der Waals surface area contributed by atoms with Gasteiger partial charge in [0.2, 0.25) is 0 Å². The Balaban J connectivity index is 2.02. The number of aliphatic carboxylic acids is 1. The van der Waals surface area contributed by atoms with Crippen LogP contribution in [0, 0.1) is 11.3 Å². The van der Waals surface area contributed by atoms with E-state index in [2.05, 4.69) is 10.6 Å². The molecule has 0 bridgehead atoms. The Hall–Kier alpha value is -4.12. The normalized spacial score (nSPS) is 10.6. The molecule has 0 aromatic heterocycles. The number of nitrogens with zero attached hydrogens (tertiary/aromatic N) is 1. The summed E-state index contributed by atoms with van der Waals surface area (Å²) in [6.07, 6.45) is 1.13. The minimum Gasteiger partial charge on any atom is -0.481 e. The minimum atomic E-state index is -1.08. The molecular formula is C19H15N3O5. The fraction of sp³-hybridized carbons (Fsp3) is 0.0526. The van der Waals surface area contributed by atoms with Crippen LogP contribution in [0.5, 0.6) is 0 Å². The maximum atomic E-state index is 12.1. The predicted molar refractivity (Wildman–Crippen MR) is 97.1 cm³/mol. The van der Waals surface area contributed by atoms with Crippen molar-refractivity contribution in [1.29, 1.82) is 5.26 Å². The summed E-state index contributed by atoms with van der Waals surface area (Å²) in [5, 5.41) is 32.0. The van der Waals surface area contributed by atoms with Crippen molar-refractivity contribution in [3.8, 4) is 6.07 Å². The average molecular weight is 365 g/mol. The van der Waals surface area contributed by atoms with Gasteiger partial charge < -0.3 is 20.8 Å². The van der Waals surface area contributed by atoms with Gasteiger partial charge in [-0.2, -0.15) is 5.26 Å². The molecule has 8 heteroatoms. The van der Waals surface area contributed by atoms with Crippen LogP contribution in [0.1, 0.15) is 15.9 Å². The molecule has 0 saturated heterocycles. The zero-order valence-electron chi connectivity index (χ0n) is 14.0. The zero-order valence-corrected chi connectivity index (χ0v) is 14.0. The smallest absolute Gasteiger partial charge is 0.335 e. The lowest BCUT2D eigenvalue weighted by molar-refractivity contribution is -0.136. The molecule has 2 rings (SSSR count). The number of benzene rings is 2. The largest absolute Gasteiger partial charge is 0.481 e. The molecule has 0 aliphatic carbocycles. The number of carbonyl (C=O) groups is 3. The Morgan fingerprint density at radius 1 is 0.963 bits per heavy atom. The highest BCUT2D eigenvalue weighted by molar-refractivity contribution is 6.06. The number of carboxylic acid groups (broad SMARTS) is 2. The number of hydrogen-bond donors (Lipinski definition) is 4. The summed E-state index contributed by atoms with van der Waals surface area (Å²) in [6, 6.07) is 13.8. The third kappa shape index (κ3) is 5.72. The Morgan fingerprint density at radius 3 is 2.07 bits per heavy atom. The first kappa shape index (κ1) is 19.2. The molecule has 27 heavy (non-hydrogen) atoms. The molecule has 2 aromatic carbocycles. The molecule has 0 saturated carbocycles. The highest BCUT2D eigenvalue weighted by atomic mass is 16.4. The molecule has 2 aromatic rings. The van der Waals surface area contributed by atoms with Crippen molar-refractivity contribution in [3.63, 3.8) is 0 Å². The lowest BCUT2D eigenvalue weighted by Gasteiger charge is -2.06. The van der Waals surface area contributed by atoms with E-state index in [4.69, 9.17) is 15.5 Å². The number of hydrogen-bond acceptors (Lipinski definition) is 5. The number of anilines is 2. The highest BCUT2D eigenvalue weighted by Crippen LogP contribution is 2.13. The summed E-state index contributed by atoms with van der Waals surface area (Å²) in [6.45, 7) is 0. The van der Waals surface area contributed by atoms with E-state index in [1.807, 2.05) is 0 Å². The van der Waals surface area contributed by atoms with E-state index in [1.165, 1.54) is 30.5 Å². The molecule has 0 aliphatic rings. The molecule has 0 unspecified atom stereocenters. The average Bonchev–Trinajstić information content (AvgIpc) is 2.63. The number of rotatable bonds is 7. The lowest BCUT2D eigenvalue weighted by atomic mass is 10.1. The third-order valence-electron chi connectivity index (χ3n) is 3.45. The Morgan fingerprint density at radius 2 is 1.56 bits per heavy atom. The fourth-order valence-electron chi connectivity index (χ4n) is 2.09. The van der Waals surface area contributed by atoms with Crippen LogP contribution in [0.25, 0.3) is 0 Å². The highest BCUT2D eigenvalue weighted by Gasteiger charge is 2.10. The van der Waals surface area contributed by atoms with E-state index < -0.39 is 17.8 Å². The van der Waals surface area contributed by atoms with Crippen molar-refractivity contribution < 1.29 is 24.6 Å². The van der Waals surface area contributed by atoms with Gasteiger partial charge in [0.15, 0.2) is 0 Å². The van der Waals surface area contributed by atoms with Gasteiger partial charge in [-0.1, -0.05) is 12.1 Å². The van der Waals surface area contributed by atoms with Gasteiger partial charge in [0.1, 0.15) is 11.6 Å². The van der Waals surface area contributed by atoms with Gasteiger partial charge in [-0.05, 0) is 42.0 Å². The van der Waals surface area contributed by atoms with E-state index in [-0.39, 0.29) is 17.6 Å². The Kier molecular flexibility index (Phi) is 6.28. The fourth-order valence-corrected chi connectivity index (χ4v) is 2.09. The SMILES string of the molecule is N#C/C(=C/Nc1ccc(CC(=O)O)cc1)C(=O)Nc1ccc(C(=O)O)cc1. The van der Waals surface area contributed by atoms with Crippen molar-refractivity contribution in [2.75, 3.05) is 10.6 Å². The van der Waals surface area contributed by atoms with Crippen LogP contribution in [0.3, 0.4) is 0 Å². The van der Waals surface area contributed by atoms with Crippen molar-refractivity contribution in [1.82, 2.24) is 0 Å². The van der Waals surface area contributed by atoms with E-state index in [0.29, 0.717) is 16.9 Å². The van der Waals surface area contributed by atoms with Crippen LogP contribution in [0.2, 0.25) is 0 Å². The van der Waals surface area contributed by atoms with Crippen LogP contribution in [-0.2, 0) is 16.0 Å². The van der Waals surface area contributed by atoms with Crippen molar-refractivity contribution >= 4 is 29.2 Å². The molecule has 0 spiro atoms. The summed E-state index contributed by atoms with van der Waals surface area (Å²) in [4.78, 5) is 33.6.